The number of alkyl halides is 3. The van der Waals surface area contributed by atoms with Crippen molar-refractivity contribution < 1.29 is 27.4 Å². The fourth-order valence-electron chi connectivity index (χ4n) is 7.12. The minimum absolute atomic E-state index is 0.130. The first-order valence-electron chi connectivity index (χ1n) is 17.0. The molecule has 46 heavy (non-hydrogen) atoms. The van der Waals surface area contributed by atoms with E-state index in [2.05, 4.69) is 34.1 Å². The van der Waals surface area contributed by atoms with E-state index < -0.39 is 12.1 Å². The zero-order valence-corrected chi connectivity index (χ0v) is 26.9. The molecule has 3 aromatic rings. The van der Waals surface area contributed by atoms with Crippen molar-refractivity contribution in [1.82, 2.24) is 9.88 Å². The summed E-state index contributed by atoms with van der Waals surface area (Å²) in [6.07, 6.45) is 5.61. The largest absolute Gasteiger partial charge is 0.489 e. The van der Waals surface area contributed by atoms with Gasteiger partial charge in [0.05, 0.1) is 12.5 Å². The molecule has 248 valence electrons. The summed E-state index contributed by atoms with van der Waals surface area (Å²) < 4.78 is 50.7. The topological polar surface area (TPSA) is 51.7 Å². The SMILES string of the molecule is CCOC(=O)CCCCN(CCc1ccccc1OCc1ccc(C2CCC(C(F)(F)F)CC2)cc1)C1CCCc2ncccc21. The number of carbonyl (C=O) groups excluding carboxylic acids is 1. The fourth-order valence-corrected chi connectivity index (χ4v) is 7.12. The Labute approximate surface area is 271 Å². The predicted molar refractivity (Wildman–Crippen MR) is 174 cm³/mol. The number of fused-ring (bicyclic) bond motifs is 1. The van der Waals surface area contributed by atoms with Gasteiger partial charge in [0, 0.05) is 30.9 Å². The number of ether oxygens (including phenoxy) is 2. The molecular weight excluding hydrogens is 589 g/mol. The highest BCUT2D eigenvalue weighted by Crippen LogP contribution is 2.43. The monoisotopic (exact) mass is 636 g/mol. The number of nitrogens with zero attached hydrogens (tertiary/aromatic N) is 2. The number of carbonyl (C=O) groups is 1. The summed E-state index contributed by atoms with van der Waals surface area (Å²) in [6.45, 7) is 4.44. The van der Waals surface area contributed by atoms with Gasteiger partial charge in [0.1, 0.15) is 12.4 Å². The number of hydrogen-bond donors (Lipinski definition) is 0. The number of esters is 1. The lowest BCUT2D eigenvalue weighted by Crippen LogP contribution is -2.34. The summed E-state index contributed by atoms with van der Waals surface area (Å²) in [5.41, 5.74) is 5.82. The second kappa shape index (κ2) is 16.4. The Morgan fingerprint density at radius 2 is 1.72 bits per heavy atom. The van der Waals surface area contributed by atoms with Crippen molar-refractivity contribution in [2.45, 2.75) is 102 Å². The molecule has 1 aromatic heterocycles. The Balaban J connectivity index is 1.19. The van der Waals surface area contributed by atoms with Crippen molar-refractivity contribution in [3.63, 3.8) is 0 Å². The second-order valence-corrected chi connectivity index (χ2v) is 12.7. The first-order chi connectivity index (χ1) is 22.3. The highest BCUT2D eigenvalue weighted by atomic mass is 19.4. The van der Waals surface area contributed by atoms with Crippen LogP contribution in [0.4, 0.5) is 13.2 Å². The van der Waals surface area contributed by atoms with E-state index in [0.29, 0.717) is 38.5 Å². The van der Waals surface area contributed by atoms with Crippen molar-refractivity contribution in [3.05, 3.63) is 94.8 Å². The molecule has 2 aromatic carbocycles. The normalized spacial score (nSPS) is 19.9. The summed E-state index contributed by atoms with van der Waals surface area (Å²) in [7, 11) is 0. The van der Waals surface area contributed by atoms with E-state index in [4.69, 9.17) is 9.47 Å². The maximum atomic E-state index is 13.1. The molecule has 0 aliphatic heterocycles. The maximum Gasteiger partial charge on any atom is 0.391 e. The van der Waals surface area contributed by atoms with E-state index in [1.54, 1.807) is 0 Å². The average molecular weight is 637 g/mol. The Hall–Kier alpha value is -3.39. The van der Waals surface area contributed by atoms with Crippen LogP contribution in [0.25, 0.3) is 0 Å². The van der Waals surface area contributed by atoms with Gasteiger partial charge in [0.15, 0.2) is 0 Å². The fraction of sp³-hybridized carbons (Fsp3) is 0.526. The number of para-hydroxylation sites is 1. The number of rotatable bonds is 14. The smallest absolute Gasteiger partial charge is 0.391 e. The number of aryl methyl sites for hydroxylation is 1. The van der Waals surface area contributed by atoms with Crippen LogP contribution in [0.2, 0.25) is 0 Å². The summed E-state index contributed by atoms with van der Waals surface area (Å²) in [4.78, 5) is 19.1. The van der Waals surface area contributed by atoms with Crippen LogP contribution in [0.15, 0.2) is 66.9 Å². The number of hydrogen-bond acceptors (Lipinski definition) is 5. The zero-order chi connectivity index (χ0) is 32.4. The van der Waals surface area contributed by atoms with Crippen LogP contribution in [0, 0.1) is 5.92 Å². The number of pyridine rings is 1. The molecule has 1 fully saturated rings. The summed E-state index contributed by atoms with van der Waals surface area (Å²) >= 11 is 0. The van der Waals surface area contributed by atoms with Crippen molar-refractivity contribution in [1.29, 1.82) is 0 Å². The molecule has 1 atom stereocenters. The third-order valence-corrected chi connectivity index (χ3v) is 9.67. The Morgan fingerprint density at radius 1 is 0.935 bits per heavy atom. The van der Waals surface area contributed by atoms with E-state index in [1.807, 2.05) is 49.5 Å². The third-order valence-electron chi connectivity index (χ3n) is 9.67. The Bertz CT molecular complexity index is 1390. The zero-order valence-electron chi connectivity index (χ0n) is 26.9. The van der Waals surface area contributed by atoms with Crippen LogP contribution in [-0.2, 0) is 29.0 Å². The van der Waals surface area contributed by atoms with Gasteiger partial charge in [-0.3, -0.25) is 14.7 Å². The standard InChI is InChI=1S/C38H47F3N2O3/c1-2-45-37(44)14-5-6-25-43(35-12-7-11-34-33(35)10-8-24-42-34)26-23-31-9-3-4-13-36(31)46-27-28-15-17-29(18-16-28)30-19-21-32(22-20-30)38(39,40)41/h3-4,8-10,13,15-18,24,30,32,35H,2,5-7,11-12,14,19-23,25-27H2,1H3. The third kappa shape index (κ3) is 9.34. The van der Waals surface area contributed by atoms with E-state index in [-0.39, 0.29) is 24.7 Å². The molecule has 5 rings (SSSR count). The van der Waals surface area contributed by atoms with Crippen LogP contribution in [0.1, 0.15) is 105 Å². The van der Waals surface area contributed by atoms with Gasteiger partial charge in [-0.05, 0) is 118 Å². The van der Waals surface area contributed by atoms with Gasteiger partial charge in [0.2, 0.25) is 0 Å². The minimum atomic E-state index is -4.08. The van der Waals surface area contributed by atoms with Gasteiger partial charge in [-0.25, -0.2) is 0 Å². The predicted octanol–water partition coefficient (Wildman–Crippen LogP) is 9.15. The number of benzene rings is 2. The average Bonchev–Trinajstić information content (AvgIpc) is 3.07. The number of halogens is 3. The molecule has 1 unspecified atom stereocenters. The summed E-state index contributed by atoms with van der Waals surface area (Å²) in [6, 6.07) is 20.9. The molecule has 0 bridgehead atoms. The molecule has 0 N–H and O–H groups in total. The molecule has 5 nitrogen and oxygen atoms in total. The minimum Gasteiger partial charge on any atom is -0.489 e. The van der Waals surface area contributed by atoms with E-state index in [1.165, 1.54) is 11.3 Å². The second-order valence-electron chi connectivity index (χ2n) is 12.7. The first kappa shape index (κ1) is 34.0. The lowest BCUT2D eigenvalue weighted by atomic mass is 9.78. The summed E-state index contributed by atoms with van der Waals surface area (Å²) in [5.74, 6) is -0.232. The van der Waals surface area contributed by atoms with Crippen LogP contribution < -0.4 is 4.74 Å². The molecule has 0 amide bonds. The van der Waals surface area contributed by atoms with Gasteiger partial charge in [-0.1, -0.05) is 48.5 Å². The molecule has 0 radical (unpaired) electrons. The number of aromatic nitrogens is 1. The van der Waals surface area contributed by atoms with Gasteiger partial charge in [0.25, 0.3) is 0 Å². The van der Waals surface area contributed by atoms with Crippen molar-refractivity contribution in [2.24, 2.45) is 5.92 Å². The molecule has 1 heterocycles. The Kier molecular flexibility index (Phi) is 12.1. The van der Waals surface area contributed by atoms with Gasteiger partial charge in [-0.2, -0.15) is 13.2 Å². The highest BCUT2D eigenvalue weighted by Gasteiger charge is 2.41. The lowest BCUT2D eigenvalue weighted by Gasteiger charge is -2.35. The van der Waals surface area contributed by atoms with E-state index >= 15 is 0 Å². The van der Waals surface area contributed by atoms with Crippen LogP contribution >= 0.6 is 0 Å². The maximum absolute atomic E-state index is 13.1. The van der Waals surface area contributed by atoms with Crippen molar-refractivity contribution in [3.8, 4) is 5.75 Å². The van der Waals surface area contributed by atoms with E-state index in [0.717, 1.165) is 74.1 Å². The van der Waals surface area contributed by atoms with Crippen LogP contribution in [0.5, 0.6) is 5.75 Å². The van der Waals surface area contributed by atoms with Crippen molar-refractivity contribution >= 4 is 5.97 Å². The molecular formula is C38H47F3N2O3. The first-order valence-corrected chi connectivity index (χ1v) is 17.0. The molecule has 2 aliphatic carbocycles. The van der Waals surface area contributed by atoms with Crippen molar-refractivity contribution in [2.75, 3.05) is 19.7 Å². The molecule has 0 spiro atoms. The highest BCUT2D eigenvalue weighted by molar-refractivity contribution is 5.69. The van der Waals surface area contributed by atoms with Crippen LogP contribution in [0.3, 0.4) is 0 Å². The number of unbranched alkanes of at least 4 members (excludes halogenated alkanes) is 1. The molecule has 0 saturated heterocycles. The molecule has 2 aliphatic rings. The molecule has 1 saturated carbocycles. The molecule has 8 heteroatoms. The van der Waals surface area contributed by atoms with Crippen LogP contribution in [-0.4, -0.2) is 41.7 Å². The lowest BCUT2D eigenvalue weighted by molar-refractivity contribution is -0.182. The van der Waals surface area contributed by atoms with Gasteiger partial charge in [-0.15, -0.1) is 0 Å². The summed E-state index contributed by atoms with van der Waals surface area (Å²) in [5, 5.41) is 0. The van der Waals surface area contributed by atoms with E-state index in [9.17, 15) is 18.0 Å². The quantitative estimate of drug-likeness (QED) is 0.131. The van der Waals surface area contributed by atoms with Gasteiger partial charge < -0.3 is 9.47 Å². The van der Waals surface area contributed by atoms with Gasteiger partial charge >= 0.3 is 12.1 Å². The Morgan fingerprint density at radius 3 is 2.48 bits per heavy atom.